The quantitative estimate of drug-likeness (QED) is 0.719. The van der Waals surface area contributed by atoms with Crippen molar-refractivity contribution in [3.05, 3.63) is 48.5 Å². The summed E-state index contributed by atoms with van der Waals surface area (Å²) in [5, 5.41) is 9.46. The third-order valence-corrected chi connectivity index (χ3v) is 6.22. The van der Waals surface area contributed by atoms with Gasteiger partial charge in [0, 0.05) is 31.9 Å². The SMILES string of the molecule is CCOc1ccccc1N1CC[NH+](CC(=O)N2CCN(c3ccc(O)cc3)CC2)CC1. The summed E-state index contributed by atoms with van der Waals surface area (Å²) in [6, 6.07) is 15.5. The Bertz CT molecular complexity index is 857. The van der Waals surface area contributed by atoms with E-state index in [9.17, 15) is 9.90 Å². The molecule has 2 fully saturated rings. The molecule has 0 atom stereocenters. The number of carbonyl (C=O) groups excluding carboxylic acids is 1. The molecule has 4 rings (SSSR count). The highest BCUT2D eigenvalue weighted by Crippen LogP contribution is 2.27. The van der Waals surface area contributed by atoms with E-state index in [0.29, 0.717) is 13.2 Å². The number of aromatic hydroxyl groups is 1. The molecular weight excluding hydrogens is 392 g/mol. The molecule has 2 heterocycles. The van der Waals surface area contributed by atoms with E-state index in [0.717, 1.165) is 69.5 Å². The van der Waals surface area contributed by atoms with Gasteiger partial charge in [-0.1, -0.05) is 12.1 Å². The standard InChI is InChI=1S/C24H32N4O3/c1-2-31-23-6-4-3-5-22(23)27-13-11-25(12-14-27)19-24(30)28-17-15-26(16-18-28)20-7-9-21(29)10-8-20/h3-10,29H,2,11-19H2,1H3/p+1. The monoisotopic (exact) mass is 425 g/mol. The largest absolute Gasteiger partial charge is 0.508 e. The first-order valence-corrected chi connectivity index (χ1v) is 11.3. The molecule has 0 spiro atoms. The summed E-state index contributed by atoms with van der Waals surface area (Å²) in [6.45, 7) is 10.2. The molecule has 7 heteroatoms. The van der Waals surface area contributed by atoms with E-state index >= 15 is 0 Å². The predicted octanol–water partition coefficient (Wildman–Crippen LogP) is 0.845. The van der Waals surface area contributed by atoms with Gasteiger partial charge in [-0.2, -0.15) is 0 Å². The minimum absolute atomic E-state index is 0.253. The number of hydrogen-bond donors (Lipinski definition) is 2. The third kappa shape index (κ3) is 5.22. The second-order valence-electron chi connectivity index (χ2n) is 8.20. The molecule has 0 bridgehead atoms. The average molecular weight is 426 g/mol. The number of amides is 1. The van der Waals surface area contributed by atoms with Crippen LogP contribution in [0.2, 0.25) is 0 Å². The Morgan fingerprint density at radius 2 is 1.61 bits per heavy atom. The number of quaternary nitrogens is 1. The van der Waals surface area contributed by atoms with E-state index in [1.54, 1.807) is 12.1 Å². The van der Waals surface area contributed by atoms with E-state index in [1.165, 1.54) is 4.90 Å². The second kappa shape index (κ2) is 9.92. The van der Waals surface area contributed by atoms with Crippen LogP contribution in [0.1, 0.15) is 6.92 Å². The Labute approximate surface area is 184 Å². The van der Waals surface area contributed by atoms with Crippen LogP contribution in [0.3, 0.4) is 0 Å². The lowest BCUT2D eigenvalue weighted by Gasteiger charge is -2.38. The highest BCUT2D eigenvalue weighted by molar-refractivity contribution is 5.77. The molecule has 2 aliphatic rings. The number of ether oxygens (including phenoxy) is 1. The first-order valence-electron chi connectivity index (χ1n) is 11.3. The summed E-state index contributed by atoms with van der Waals surface area (Å²) in [6.07, 6.45) is 0. The minimum atomic E-state index is 0.253. The highest BCUT2D eigenvalue weighted by atomic mass is 16.5. The van der Waals surface area contributed by atoms with E-state index < -0.39 is 0 Å². The van der Waals surface area contributed by atoms with Crippen molar-refractivity contribution in [2.24, 2.45) is 0 Å². The highest BCUT2D eigenvalue weighted by Gasteiger charge is 2.28. The van der Waals surface area contributed by atoms with Crippen molar-refractivity contribution in [3.63, 3.8) is 0 Å². The van der Waals surface area contributed by atoms with Crippen molar-refractivity contribution in [2.75, 3.05) is 75.3 Å². The zero-order valence-corrected chi connectivity index (χ0v) is 18.3. The van der Waals surface area contributed by atoms with Crippen molar-refractivity contribution in [3.8, 4) is 11.5 Å². The molecule has 0 saturated carbocycles. The molecular formula is C24H33N4O3+. The number of rotatable bonds is 6. The molecule has 2 aliphatic heterocycles. The number of carbonyl (C=O) groups is 1. The Kier molecular flexibility index (Phi) is 6.82. The summed E-state index contributed by atoms with van der Waals surface area (Å²) in [5.41, 5.74) is 2.25. The van der Waals surface area contributed by atoms with Crippen LogP contribution in [0.25, 0.3) is 0 Å². The van der Waals surface area contributed by atoms with E-state index in [1.807, 2.05) is 36.1 Å². The topological polar surface area (TPSA) is 60.7 Å². The van der Waals surface area contributed by atoms with Crippen LogP contribution in [0.5, 0.6) is 11.5 Å². The fraction of sp³-hybridized carbons (Fsp3) is 0.458. The van der Waals surface area contributed by atoms with Gasteiger partial charge in [-0.15, -0.1) is 0 Å². The summed E-state index contributed by atoms with van der Waals surface area (Å²) in [4.78, 5) is 20.9. The molecule has 2 saturated heterocycles. The molecule has 166 valence electrons. The number of phenols is 1. The van der Waals surface area contributed by atoms with Crippen LogP contribution < -0.4 is 19.4 Å². The molecule has 0 radical (unpaired) electrons. The Morgan fingerprint density at radius 3 is 2.29 bits per heavy atom. The van der Waals surface area contributed by atoms with Crippen molar-refractivity contribution in [1.29, 1.82) is 0 Å². The summed E-state index contributed by atoms with van der Waals surface area (Å²) in [5.74, 6) is 1.47. The maximum absolute atomic E-state index is 12.9. The lowest BCUT2D eigenvalue weighted by atomic mass is 10.2. The van der Waals surface area contributed by atoms with Crippen molar-refractivity contribution >= 4 is 17.3 Å². The minimum Gasteiger partial charge on any atom is -0.508 e. The zero-order valence-electron chi connectivity index (χ0n) is 18.3. The normalized spacial score (nSPS) is 17.6. The van der Waals surface area contributed by atoms with E-state index in [2.05, 4.69) is 21.9 Å². The van der Waals surface area contributed by atoms with Gasteiger partial charge in [0.1, 0.15) is 11.5 Å². The molecule has 2 N–H and O–H groups in total. The fourth-order valence-corrected chi connectivity index (χ4v) is 4.44. The van der Waals surface area contributed by atoms with Crippen molar-refractivity contribution in [1.82, 2.24) is 4.90 Å². The van der Waals surface area contributed by atoms with E-state index in [-0.39, 0.29) is 11.7 Å². The number of hydrogen-bond acceptors (Lipinski definition) is 5. The summed E-state index contributed by atoms with van der Waals surface area (Å²) >= 11 is 0. The molecule has 0 aromatic heterocycles. The second-order valence-corrected chi connectivity index (χ2v) is 8.20. The van der Waals surface area contributed by atoms with Crippen molar-refractivity contribution in [2.45, 2.75) is 6.92 Å². The summed E-state index contributed by atoms with van der Waals surface area (Å²) in [7, 11) is 0. The molecule has 2 aromatic carbocycles. The molecule has 7 nitrogen and oxygen atoms in total. The van der Waals surface area contributed by atoms with Crippen LogP contribution in [-0.4, -0.2) is 81.4 Å². The van der Waals surface area contributed by atoms with Gasteiger partial charge in [0.25, 0.3) is 5.91 Å². The lowest BCUT2D eigenvalue weighted by Crippen LogP contribution is -3.16. The number of anilines is 2. The molecule has 1 amide bonds. The smallest absolute Gasteiger partial charge is 0.277 e. The third-order valence-electron chi connectivity index (χ3n) is 6.22. The molecule has 31 heavy (non-hydrogen) atoms. The molecule has 0 aliphatic carbocycles. The van der Waals surface area contributed by atoms with Crippen LogP contribution in [0.15, 0.2) is 48.5 Å². The van der Waals surface area contributed by atoms with Gasteiger partial charge in [-0.05, 0) is 43.3 Å². The Hall–Kier alpha value is -2.93. The van der Waals surface area contributed by atoms with Gasteiger partial charge < -0.3 is 29.4 Å². The Morgan fingerprint density at radius 1 is 0.935 bits per heavy atom. The van der Waals surface area contributed by atoms with Crippen LogP contribution in [-0.2, 0) is 4.79 Å². The Balaban J connectivity index is 1.24. The fourth-order valence-electron chi connectivity index (χ4n) is 4.44. The number of benzene rings is 2. The number of nitrogens with one attached hydrogen (secondary N) is 1. The molecule has 0 unspecified atom stereocenters. The maximum Gasteiger partial charge on any atom is 0.277 e. The number of piperazine rings is 2. The first kappa shape index (κ1) is 21.3. The van der Waals surface area contributed by atoms with Gasteiger partial charge >= 0.3 is 0 Å². The number of nitrogens with zero attached hydrogens (tertiary/aromatic N) is 3. The van der Waals surface area contributed by atoms with E-state index in [4.69, 9.17) is 4.74 Å². The number of para-hydroxylation sites is 2. The van der Waals surface area contributed by atoms with Gasteiger partial charge in [-0.3, -0.25) is 4.79 Å². The summed E-state index contributed by atoms with van der Waals surface area (Å²) < 4.78 is 5.78. The maximum atomic E-state index is 12.9. The van der Waals surface area contributed by atoms with Gasteiger partial charge in [0.15, 0.2) is 6.54 Å². The van der Waals surface area contributed by atoms with Crippen LogP contribution in [0.4, 0.5) is 11.4 Å². The van der Waals surface area contributed by atoms with Gasteiger partial charge in [-0.25, -0.2) is 0 Å². The van der Waals surface area contributed by atoms with Crippen LogP contribution in [0, 0.1) is 0 Å². The molecule has 2 aromatic rings. The van der Waals surface area contributed by atoms with Crippen LogP contribution >= 0.6 is 0 Å². The lowest BCUT2D eigenvalue weighted by molar-refractivity contribution is -0.892. The van der Waals surface area contributed by atoms with Crippen molar-refractivity contribution < 1.29 is 19.5 Å². The van der Waals surface area contributed by atoms with Gasteiger partial charge in [0.2, 0.25) is 0 Å². The first-order chi connectivity index (χ1) is 15.1. The average Bonchev–Trinajstić information content (AvgIpc) is 2.81. The predicted molar refractivity (Wildman–Crippen MR) is 122 cm³/mol. The van der Waals surface area contributed by atoms with Gasteiger partial charge in [0.05, 0.1) is 38.5 Å². The number of phenolic OH excluding ortho intramolecular Hbond substituents is 1. The zero-order chi connectivity index (χ0) is 21.6.